The van der Waals surface area contributed by atoms with Crippen molar-refractivity contribution in [3.63, 3.8) is 0 Å². The summed E-state index contributed by atoms with van der Waals surface area (Å²) in [6.45, 7) is 4.66. The smallest absolute Gasteiger partial charge is 0.0160 e. The van der Waals surface area contributed by atoms with E-state index in [4.69, 9.17) is 5.73 Å². The minimum absolute atomic E-state index is 0.113. The van der Waals surface area contributed by atoms with Gasteiger partial charge in [-0.05, 0) is 55.4 Å². The molecule has 1 heterocycles. The summed E-state index contributed by atoms with van der Waals surface area (Å²) in [7, 11) is 0. The second-order valence-corrected chi connectivity index (χ2v) is 7.57. The quantitative estimate of drug-likeness (QED) is 0.826. The molecule has 102 valence electrons. The van der Waals surface area contributed by atoms with E-state index in [0.717, 1.165) is 11.8 Å². The van der Waals surface area contributed by atoms with Crippen LogP contribution in [-0.2, 0) is 6.42 Å². The van der Waals surface area contributed by atoms with Gasteiger partial charge in [-0.1, -0.05) is 32.8 Å². The van der Waals surface area contributed by atoms with Crippen LogP contribution in [0.15, 0.2) is 17.5 Å². The van der Waals surface area contributed by atoms with Crippen LogP contribution in [0, 0.1) is 11.8 Å². The molecule has 2 unspecified atom stereocenters. The van der Waals surface area contributed by atoms with Gasteiger partial charge >= 0.3 is 0 Å². The highest BCUT2D eigenvalue weighted by Gasteiger charge is 2.32. The van der Waals surface area contributed by atoms with Gasteiger partial charge in [-0.3, -0.25) is 0 Å². The highest BCUT2D eigenvalue weighted by Crippen LogP contribution is 2.37. The van der Waals surface area contributed by atoms with E-state index in [2.05, 4.69) is 31.4 Å². The zero-order valence-corrected chi connectivity index (χ0v) is 12.6. The van der Waals surface area contributed by atoms with Gasteiger partial charge in [0, 0.05) is 10.4 Å². The Morgan fingerprint density at radius 3 is 3.00 bits per heavy atom. The average molecular weight is 265 g/mol. The predicted octanol–water partition coefficient (Wildman–Crippen LogP) is 4.61. The van der Waals surface area contributed by atoms with Crippen molar-refractivity contribution >= 4 is 11.3 Å². The Bertz CT molecular complexity index is 344. The normalized spacial score (nSPS) is 28.8. The number of rotatable bonds is 5. The molecule has 1 saturated carbocycles. The molecular weight excluding hydrogens is 238 g/mol. The van der Waals surface area contributed by atoms with E-state index in [0.29, 0.717) is 0 Å². The summed E-state index contributed by atoms with van der Waals surface area (Å²) < 4.78 is 0. The Morgan fingerprint density at radius 2 is 2.33 bits per heavy atom. The molecule has 1 nitrogen and oxygen atoms in total. The molecule has 1 aromatic heterocycles. The third kappa shape index (κ3) is 4.10. The summed E-state index contributed by atoms with van der Waals surface area (Å²) in [5, 5.41) is 2.17. The molecule has 2 heteroatoms. The molecule has 1 aliphatic rings. The van der Waals surface area contributed by atoms with Crippen molar-refractivity contribution in [2.75, 3.05) is 0 Å². The van der Waals surface area contributed by atoms with Gasteiger partial charge < -0.3 is 5.73 Å². The molecule has 2 N–H and O–H groups in total. The maximum atomic E-state index is 6.65. The van der Waals surface area contributed by atoms with E-state index in [1.807, 2.05) is 11.3 Å². The van der Waals surface area contributed by atoms with Crippen molar-refractivity contribution in [1.82, 2.24) is 0 Å². The standard InChI is InChI=1S/C16H27NS/c1-13(2)11-14-5-3-8-16(17,12-14)9-7-15-6-4-10-18-15/h4,6,10,13-14H,3,5,7-9,11-12,17H2,1-2H3. The van der Waals surface area contributed by atoms with Crippen LogP contribution in [-0.4, -0.2) is 5.54 Å². The van der Waals surface area contributed by atoms with Gasteiger partial charge in [0.05, 0.1) is 0 Å². The van der Waals surface area contributed by atoms with Crippen LogP contribution in [0.2, 0.25) is 0 Å². The van der Waals surface area contributed by atoms with Crippen molar-refractivity contribution in [1.29, 1.82) is 0 Å². The minimum Gasteiger partial charge on any atom is -0.325 e. The molecule has 0 aliphatic heterocycles. The Hall–Kier alpha value is -0.340. The van der Waals surface area contributed by atoms with Gasteiger partial charge in [0.15, 0.2) is 0 Å². The molecular formula is C16H27NS. The Labute approximate surface area is 116 Å². The van der Waals surface area contributed by atoms with Crippen molar-refractivity contribution in [3.05, 3.63) is 22.4 Å². The molecule has 2 rings (SSSR count). The van der Waals surface area contributed by atoms with Crippen LogP contribution < -0.4 is 5.73 Å². The average Bonchev–Trinajstić information content (AvgIpc) is 2.78. The number of hydrogen-bond donors (Lipinski definition) is 1. The van der Waals surface area contributed by atoms with Crippen LogP contribution in [0.4, 0.5) is 0 Å². The van der Waals surface area contributed by atoms with E-state index in [9.17, 15) is 0 Å². The van der Waals surface area contributed by atoms with Gasteiger partial charge in [-0.25, -0.2) is 0 Å². The number of thiophene rings is 1. The zero-order chi connectivity index (χ0) is 13.0. The summed E-state index contributed by atoms with van der Waals surface area (Å²) in [6, 6.07) is 4.38. The third-order valence-corrected chi connectivity index (χ3v) is 5.17. The van der Waals surface area contributed by atoms with Gasteiger partial charge in [0.25, 0.3) is 0 Å². The van der Waals surface area contributed by atoms with Crippen molar-refractivity contribution < 1.29 is 0 Å². The number of nitrogens with two attached hydrogens (primary N) is 1. The number of aryl methyl sites for hydroxylation is 1. The first-order valence-electron chi connectivity index (χ1n) is 7.39. The van der Waals surface area contributed by atoms with Gasteiger partial charge in [-0.2, -0.15) is 0 Å². The third-order valence-electron chi connectivity index (χ3n) is 4.24. The molecule has 0 bridgehead atoms. The SMILES string of the molecule is CC(C)CC1CCCC(N)(CCc2cccs2)C1. The van der Waals surface area contributed by atoms with Gasteiger partial charge in [0.1, 0.15) is 0 Å². The Morgan fingerprint density at radius 1 is 1.50 bits per heavy atom. The fourth-order valence-corrected chi connectivity index (χ4v) is 4.15. The van der Waals surface area contributed by atoms with Crippen molar-refractivity contribution in [2.45, 2.75) is 64.3 Å². The van der Waals surface area contributed by atoms with Crippen LogP contribution in [0.5, 0.6) is 0 Å². The molecule has 1 fully saturated rings. The first-order chi connectivity index (χ1) is 8.57. The first kappa shape index (κ1) is 14.1. The van der Waals surface area contributed by atoms with E-state index in [-0.39, 0.29) is 5.54 Å². The van der Waals surface area contributed by atoms with Crippen LogP contribution in [0.3, 0.4) is 0 Å². The second-order valence-electron chi connectivity index (χ2n) is 6.53. The minimum atomic E-state index is 0.113. The number of hydrogen-bond acceptors (Lipinski definition) is 2. The molecule has 2 atom stereocenters. The maximum Gasteiger partial charge on any atom is 0.0160 e. The molecule has 0 amide bonds. The molecule has 1 aliphatic carbocycles. The lowest BCUT2D eigenvalue weighted by atomic mass is 9.72. The highest BCUT2D eigenvalue weighted by atomic mass is 32.1. The topological polar surface area (TPSA) is 26.0 Å². The van der Waals surface area contributed by atoms with Crippen LogP contribution >= 0.6 is 11.3 Å². The lowest BCUT2D eigenvalue weighted by Gasteiger charge is -2.38. The summed E-state index contributed by atoms with van der Waals surface area (Å²) in [5.41, 5.74) is 6.76. The second kappa shape index (κ2) is 6.21. The lowest BCUT2D eigenvalue weighted by molar-refractivity contribution is 0.192. The summed E-state index contributed by atoms with van der Waals surface area (Å²) in [4.78, 5) is 1.49. The van der Waals surface area contributed by atoms with Crippen LogP contribution in [0.1, 0.15) is 57.2 Å². The monoisotopic (exact) mass is 265 g/mol. The largest absolute Gasteiger partial charge is 0.325 e. The predicted molar refractivity (Wildman–Crippen MR) is 81.0 cm³/mol. The molecule has 0 spiro atoms. The summed E-state index contributed by atoms with van der Waals surface area (Å²) >= 11 is 1.87. The summed E-state index contributed by atoms with van der Waals surface area (Å²) in [5.74, 6) is 1.68. The molecule has 0 saturated heterocycles. The van der Waals surface area contributed by atoms with Gasteiger partial charge in [0.2, 0.25) is 0 Å². The molecule has 0 radical (unpaired) electrons. The van der Waals surface area contributed by atoms with Crippen molar-refractivity contribution in [2.24, 2.45) is 17.6 Å². The Kier molecular flexibility index (Phi) is 4.85. The molecule has 18 heavy (non-hydrogen) atoms. The lowest BCUT2D eigenvalue weighted by Crippen LogP contribution is -2.44. The summed E-state index contributed by atoms with van der Waals surface area (Å²) in [6.07, 6.45) is 8.90. The van der Waals surface area contributed by atoms with E-state index in [1.165, 1.54) is 49.8 Å². The van der Waals surface area contributed by atoms with E-state index in [1.54, 1.807) is 0 Å². The fraction of sp³-hybridized carbons (Fsp3) is 0.750. The fourth-order valence-electron chi connectivity index (χ4n) is 3.44. The molecule has 1 aromatic rings. The maximum absolute atomic E-state index is 6.65. The first-order valence-corrected chi connectivity index (χ1v) is 8.27. The van der Waals surface area contributed by atoms with E-state index >= 15 is 0 Å². The van der Waals surface area contributed by atoms with Gasteiger partial charge in [-0.15, -0.1) is 11.3 Å². The van der Waals surface area contributed by atoms with Crippen molar-refractivity contribution in [3.8, 4) is 0 Å². The van der Waals surface area contributed by atoms with Crippen LogP contribution in [0.25, 0.3) is 0 Å². The zero-order valence-electron chi connectivity index (χ0n) is 11.8. The van der Waals surface area contributed by atoms with E-state index < -0.39 is 0 Å². The molecule has 0 aromatic carbocycles. The highest BCUT2D eigenvalue weighted by molar-refractivity contribution is 7.09. The Balaban J connectivity index is 1.85.